The van der Waals surface area contributed by atoms with Crippen LogP contribution in [0.15, 0.2) is 12.4 Å². The zero-order valence-electron chi connectivity index (χ0n) is 10.0. The Bertz CT molecular complexity index is 560. The molecule has 1 aliphatic heterocycles. The van der Waals surface area contributed by atoms with Crippen molar-refractivity contribution in [3.63, 3.8) is 0 Å². The van der Waals surface area contributed by atoms with Crippen LogP contribution in [-0.2, 0) is 7.05 Å². The molecule has 6 nitrogen and oxygen atoms in total. The fourth-order valence-corrected chi connectivity index (χ4v) is 2.23. The van der Waals surface area contributed by atoms with Crippen LogP contribution in [0, 0.1) is 0 Å². The summed E-state index contributed by atoms with van der Waals surface area (Å²) in [5, 5.41) is 0.213. The van der Waals surface area contributed by atoms with Gasteiger partial charge in [0.1, 0.15) is 0 Å². The Morgan fingerprint density at radius 2 is 1.94 bits per heavy atom. The largest absolute Gasteiger partial charge is 0.341 e. The van der Waals surface area contributed by atoms with E-state index in [1.165, 1.54) is 12.8 Å². The predicted molar refractivity (Wildman–Crippen MR) is 68.5 cm³/mol. The summed E-state index contributed by atoms with van der Waals surface area (Å²) in [7, 11) is 1.90. The molecular weight excluding hydrogens is 252 g/mol. The first-order chi connectivity index (χ1) is 8.74. The third-order valence-electron chi connectivity index (χ3n) is 3.01. The first-order valence-electron chi connectivity index (χ1n) is 5.88. The molecule has 0 atom stereocenters. The molecule has 2 aromatic heterocycles. The number of imidazole rings is 1. The second-order valence-corrected chi connectivity index (χ2v) is 4.62. The lowest BCUT2D eigenvalue weighted by molar-refractivity contribution is 0.860. The van der Waals surface area contributed by atoms with Crippen LogP contribution in [-0.4, -0.2) is 37.6 Å². The molecule has 0 N–H and O–H groups in total. The molecule has 1 aliphatic rings. The van der Waals surface area contributed by atoms with Crippen molar-refractivity contribution in [2.24, 2.45) is 7.05 Å². The van der Waals surface area contributed by atoms with Gasteiger partial charge >= 0.3 is 0 Å². The molecule has 0 spiro atoms. The minimum absolute atomic E-state index is 0.213. The van der Waals surface area contributed by atoms with Gasteiger partial charge in [0.2, 0.25) is 17.1 Å². The maximum Gasteiger partial charge on any atom is 0.230 e. The van der Waals surface area contributed by atoms with E-state index in [1.807, 2.05) is 17.8 Å². The Morgan fingerprint density at radius 3 is 2.61 bits per heavy atom. The van der Waals surface area contributed by atoms with E-state index in [-0.39, 0.29) is 5.28 Å². The second-order valence-electron chi connectivity index (χ2n) is 4.28. The molecule has 1 fully saturated rings. The zero-order chi connectivity index (χ0) is 12.5. The van der Waals surface area contributed by atoms with Crippen molar-refractivity contribution in [3.05, 3.63) is 17.7 Å². The van der Waals surface area contributed by atoms with E-state index >= 15 is 0 Å². The highest BCUT2D eigenvalue weighted by molar-refractivity contribution is 6.28. The minimum Gasteiger partial charge on any atom is -0.341 e. The fraction of sp³-hybridized carbons (Fsp3) is 0.455. The van der Waals surface area contributed by atoms with E-state index in [2.05, 4.69) is 24.8 Å². The highest BCUT2D eigenvalue weighted by Crippen LogP contribution is 2.20. The number of halogens is 1. The normalized spacial score (nSPS) is 15.3. The van der Waals surface area contributed by atoms with Crippen molar-refractivity contribution in [2.45, 2.75) is 12.8 Å². The summed E-state index contributed by atoms with van der Waals surface area (Å²) in [4.78, 5) is 19.1. The number of hydrogen-bond acceptors (Lipinski definition) is 5. The first kappa shape index (κ1) is 11.4. The van der Waals surface area contributed by atoms with Crippen LogP contribution < -0.4 is 4.90 Å². The third kappa shape index (κ3) is 2.03. The van der Waals surface area contributed by atoms with Crippen LogP contribution in [0.3, 0.4) is 0 Å². The molecule has 0 unspecified atom stereocenters. The average molecular weight is 265 g/mol. The number of nitrogens with zero attached hydrogens (tertiary/aromatic N) is 6. The van der Waals surface area contributed by atoms with E-state index in [0.29, 0.717) is 17.6 Å². The van der Waals surface area contributed by atoms with Crippen LogP contribution in [0.1, 0.15) is 12.8 Å². The van der Waals surface area contributed by atoms with Gasteiger partial charge in [0.15, 0.2) is 5.82 Å². The van der Waals surface area contributed by atoms with Crippen LogP contribution >= 0.6 is 11.6 Å². The number of hydrogen-bond donors (Lipinski definition) is 0. The van der Waals surface area contributed by atoms with Crippen molar-refractivity contribution in [1.82, 2.24) is 24.5 Å². The van der Waals surface area contributed by atoms with Gasteiger partial charge in [-0.1, -0.05) is 0 Å². The Labute approximate surface area is 110 Å². The molecule has 2 aromatic rings. The van der Waals surface area contributed by atoms with E-state index < -0.39 is 0 Å². The molecule has 0 bridgehead atoms. The molecule has 0 saturated carbocycles. The summed E-state index contributed by atoms with van der Waals surface area (Å²) in [5.74, 6) is 1.86. The second kappa shape index (κ2) is 4.53. The molecule has 0 aliphatic carbocycles. The van der Waals surface area contributed by atoms with Crippen LogP contribution in [0.2, 0.25) is 5.28 Å². The lowest BCUT2D eigenvalue weighted by Gasteiger charge is -2.15. The van der Waals surface area contributed by atoms with Gasteiger partial charge in [0.05, 0.1) is 0 Å². The minimum atomic E-state index is 0.213. The van der Waals surface area contributed by atoms with Gasteiger partial charge in [-0.2, -0.15) is 15.0 Å². The molecule has 3 heterocycles. The van der Waals surface area contributed by atoms with Gasteiger partial charge in [-0.25, -0.2) is 4.98 Å². The standard InChI is InChI=1S/C11H13ClN6/c1-17-7-4-13-9(17)8-14-10(12)16-11(15-8)18-5-2-3-6-18/h4,7H,2-3,5-6H2,1H3. The summed E-state index contributed by atoms with van der Waals surface area (Å²) in [6.45, 7) is 1.95. The molecule has 1 saturated heterocycles. The molecule has 18 heavy (non-hydrogen) atoms. The number of rotatable bonds is 2. The van der Waals surface area contributed by atoms with E-state index in [4.69, 9.17) is 11.6 Å². The van der Waals surface area contributed by atoms with Crippen molar-refractivity contribution < 1.29 is 0 Å². The fourth-order valence-electron chi connectivity index (χ4n) is 2.08. The monoisotopic (exact) mass is 264 g/mol. The van der Waals surface area contributed by atoms with E-state index in [1.54, 1.807) is 6.20 Å². The lowest BCUT2D eigenvalue weighted by Crippen LogP contribution is -2.21. The number of anilines is 1. The Morgan fingerprint density at radius 1 is 1.17 bits per heavy atom. The summed E-state index contributed by atoms with van der Waals surface area (Å²) in [5.41, 5.74) is 0. The summed E-state index contributed by atoms with van der Waals surface area (Å²) in [6.07, 6.45) is 5.90. The zero-order valence-corrected chi connectivity index (χ0v) is 10.8. The van der Waals surface area contributed by atoms with Crippen molar-refractivity contribution in [1.29, 1.82) is 0 Å². The number of aryl methyl sites for hydroxylation is 1. The maximum atomic E-state index is 5.97. The van der Waals surface area contributed by atoms with Gasteiger partial charge in [-0.15, -0.1) is 0 Å². The third-order valence-corrected chi connectivity index (χ3v) is 3.18. The maximum absolute atomic E-state index is 5.97. The van der Waals surface area contributed by atoms with Crippen LogP contribution in [0.5, 0.6) is 0 Å². The van der Waals surface area contributed by atoms with E-state index in [9.17, 15) is 0 Å². The smallest absolute Gasteiger partial charge is 0.230 e. The molecular formula is C11H13ClN6. The predicted octanol–water partition coefficient (Wildman–Crippen LogP) is 1.53. The van der Waals surface area contributed by atoms with Gasteiger partial charge in [-0.3, -0.25) is 0 Å². The van der Waals surface area contributed by atoms with Gasteiger partial charge in [0.25, 0.3) is 0 Å². The molecule has 0 aromatic carbocycles. The van der Waals surface area contributed by atoms with Crippen molar-refractivity contribution in [2.75, 3.05) is 18.0 Å². The Balaban J connectivity index is 2.03. The van der Waals surface area contributed by atoms with E-state index in [0.717, 1.165) is 13.1 Å². The summed E-state index contributed by atoms with van der Waals surface area (Å²) < 4.78 is 1.86. The SMILES string of the molecule is Cn1ccnc1-c1nc(Cl)nc(N2CCCC2)n1. The first-order valence-corrected chi connectivity index (χ1v) is 6.26. The topological polar surface area (TPSA) is 59.7 Å². The lowest BCUT2D eigenvalue weighted by atomic mass is 10.4. The molecule has 0 amide bonds. The molecule has 0 radical (unpaired) electrons. The highest BCUT2D eigenvalue weighted by Gasteiger charge is 2.18. The van der Waals surface area contributed by atoms with Gasteiger partial charge in [0, 0.05) is 32.5 Å². The summed E-state index contributed by atoms with van der Waals surface area (Å²) >= 11 is 5.97. The molecule has 94 valence electrons. The Hall–Kier alpha value is -1.69. The van der Waals surface area contributed by atoms with Crippen molar-refractivity contribution in [3.8, 4) is 11.6 Å². The molecule has 7 heteroatoms. The Kier molecular flexibility index (Phi) is 2.87. The molecule has 3 rings (SSSR count). The number of aromatic nitrogens is 5. The van der Waals surface area contributed by atoms with Gasteiger partial charge < -0.3 is 9.47 Å². The summed E-state index contributed by atoms with van der Waals surface area (Å²) in [6, 6.07) is 0. The quantitative estimate of drug-likeness (QED) is 0.823. The van der Waals surface area contributed by atoms with Crippen molar-refractivity contribution >= 4 is 17.5 Å². The van der Waals surface area contributed by atoms with Gasteiger partial charge in [-0.05, 0) is 24.4 Å². The highest BCUT2D eigenvalue weighted by atomic mass is 35.5. The average Bonchev–Trinajstić information content (AvgIpc) is 2.98. The van der Waals surface area contributed by atoms with Crippen LogP contribution in [0.25, 0.3) is 11.6 Å². The van der Waals surface area contributed by atoms with Crippen LogP contribution in [0.4, 0.5) is 5.95 Å².